The lowest BCUT2D eigenvalue weighted by molar-refractivity contribution is -0.124. The average molecular weight is 370 g/mol. The maximum atomic E-state index is 12.1. The SMILES string of the molecule is CCC(=O)CN(C)CC(=O)CN(C)CC(=O)CN(C)CC(=O)CN(C)C. The minimum atomic E-state index is -0.0463. The molecular weight excluding hydrogens is 336 g/mol. The highest BCUT2D eigenvalue weighted by atomic mass is 16.1. The van der Waals surface area contributed by atoms with Crippen LogP contribution in [-0.4, -0.2) is 124 Å². The van der Waals surface area contributed by atoms with Crippen LogP contribution in [0.2, 0.25) is 0 Å². The van der Waals surface area contributed by atoms with E-state index in [9.17, 15) is 19.2 Å². The predicted molar refractivity (Wildman–Crippen MR) is 101 cm³/mol. The quantitative estimate of drug-likeness (QED) is 0.364. The third-order valence-corrected chi connectivity index (χ3v) is 3.56. The number of ketones is 4. The second-order valence-electron chi connectivity index (χ2n) is 7.26. The molecule has 0 spiro atoms. The molecule has 8 nitrogen and oxygen atoms in total. The van der Waals surface area contributed by atoms with Crippen LogP contribution in [0.3, 0.4) is 0 Å². The third kappa shape index (κ3) is 12.8. The van der Waals surface area contributed by atoms with Gasteiger partial charge < -0.3 is 4.90 Å². The van der Waals surface area contributed by atoms with E-state index in [4.69, 9.17) is 0 Å². The van der Waals surface area contributed by atoms with Crippen molar-refractivity contribution in [1.82, 2.24) is 19.6 Å². The molecule has 26 heavy (non-hydrogen) atoms. The van der Waals surface area contributed by atoms with Crippen LogP contribution in [-0.2, 0) is 19.2 Å². The zero-order valence-electron chi connectivity index (χ0n) is 17.1. The van der Waals surface area contributed by atoms with Crippen LogP contribution in [0.1, 0.15) is 13.3 Å². The number of hydrogen-bond donors (Lipinski definition) is 0. The number of rotatable bonds is 15. The molecule has 0 amide bonds. The second-order valence-corrected chi connectivity index (χ2v) is 7.26. The molecule has 0 radical (unpaired) electrons. The number of likely N-dealkylation sites (N-methyl/N-ethyl adjacent to an activating group) is 4. The van der Waals surface area contributed by atoms with Gasteiger partial charge >= 0.3 is 0 Å². The summed E-state index contributed by atoms with van der Waals surface area (Å²) in [5.41, 5.74) is 0. The van der Waals surface area contributed by atoms with Gasteiger partial charge in [-0.25, -0.2) is 0 Å². The van der Waals surface area contributed by atoms with E-state index in [1.54, 1.807) is 47.7 Å². The number of Topliss-reactive ketones (excluding diaryl/α,β-unsaturated/α-hetero) is 4. The molecular formula is C18H34N4O4. The predicted octanol–water partition coefficient (Wildman–Crippen LogP) is -0.970. The van der Waals surface area contributed by atoms with E-state index in [2.05, 4.69) is 0 Å². The lowest BCUT2D eigenvalue weighted by Crippen LogP contribution is -2.41. The molecule has 0 N–H and O–H groups in total. The Kier molecular flexibility index (Phi) is 12.1. The molecule has 0 unspecified atom stereocenters. The first-order chi connectivity index (χ1) is 12.0. The molecule has 150 valence electrons. The van der Waals surface area contributed by atoms with Crippen molar-refractivity contribution in [2.45, 2.75) is 13.3 Å². The Morgan fingerprint density at radius 3 is 1.04 bits per heavy atom. The van der Waals surface area contributed by atoms with Crippen LogP contribution < -0.4 is 0 Å². The van der Waals surface area contributed by atoms with Gasteiger partial charge in [-0.3, -0.25) is 33.9 Å². The monoisotopic (exact) mass is 370 g/mol. The number of hydrogen-bond acceptors (Lipinski definition) is 8. The fraction of sp³-hybridized carbons (Fsp3) is 0.778. The largest absolute Gasteiger partial charge is 0.302 e. The van der Waals surface area contributed by atoms with Crippen molar-refractivity contribution < 1.29 is 19.2 Å². The third-order valence-electron chi connectivity index (χ3n) is 3.56. The van der Waals surface area contributed by atoms with Gasteiger partial charge in [0.05, 0.1) is 45.8 Å². The molecule has 0 rings (SSSR count). The molecule has 8 heteroatoms. The van der Waals surface area contributed by atoms with E-state index in [0.29, 0.717) is 13.0 Å². The molecule has 0 aromatic carbocycles. The van der Waals surface area contributed by atoms with Crippen LogP contribution in [0.15, 0.2) is 0 Å². The zero-order chi connectivity index (χ0) is 20.3. The Labute approximate surface area is 157 Å². The second kappa shape index (κ2) is 12.8. The van der Waals surface area contributed by atoms with Gasteiger partial charge in [0.15, 0.2) is 17.3 Å². The summed E-state index contributed by atoms with van der Waals surface area (Å²) in [4.78, 5) is 54.0. The molecule has 0 aromatic rings. The normalized spacial score (nSPS) is 11.6. The lowest BCUT2D eigenvalue weighted by Gasteiger charge is -2.20. The van der Waals surface area contributed by atoms with Gasteiger partial charge in [-0.1, -0.05) is 6.92 Å². The van der Waals surface area contributed by atoms with E-state index < -0.39 is 0 Å². The summed E-state index contributed by atoms with van der Waals surface area (Å²) in [7, 11) is 8.83. The first-order valence-corrected chi connectivity index (χ1v) is 8.80. The van der Waals surface area contributed by atoms with Crippen molar-refractivity contribution >= 4 is 23.1 Å². The molecule has 0 saturated heterocycles. The van der Waals surface area contributed by atoms with Crippen molar-refractivity contribution in [2.75, 3.05) is 81.1 Å². The fourth-order valence-corrected chi connectivity index (χ4v) is 2.59. The Bertz CT molecular complexity index is 494. The van der Waals surface area contributed by atoms with E-state index in [-0.39, 0.29) is 62.4 Å². The molecule has 0 fully saturated rings. The average Bonchev–Trinajstić information content (AvgIpc) is 2.44. The first kappa shape index (κ1) is 24.5. The molecule has 0 aromatic heterocycles. The highest BCUT2D eigenvalue weighted by molar-refractivity contribution is 5.87. The van der Waals surface area contributed by atoms with Gasteiger partial charge in [-0.2, -0.15) is 0 Å². The number of nitrogens with zero attached hydrogens (tertiary/aromatic N) is 4. The van der Waals surface area contributed by atoms with Gasteiger partial charge in [0.25, 0.3) is 0 Å². The maximum absolute atomic E-state index is 12.1. The summed E-state index contributed by atoms with van der Waals surface area (Å²) < 4.78 is 0. The highest BCUT2D eigenvalue weighted by Crippen LogP contribution is 1.93. The molecule has 0 bridgehead atoms. The first-order valence-electron chi connectivity index (χ1n) is 8.80. The lowest BCUT2D eigenvalue weighted by atomic mass is 10.2. The zero-order valence-corrected chi connectivity index (χ0v) is 17.1. The van der Waals surface area contributed by atoms with Gasteiger partial charge in [0, 0.05) is 6.42 Å². The van der Waals surface area contributed by atoms with Crippen LogP contribution in [0.25, 0.3) is 0 Å². The van der Waals surface area contributed by atoms with Crippen molar-refractivity contribution in [3.63, 3.8) is 0 Å². The smallest absolute Gasteiger partial charge is 0.160 e. The molecule has 0 atom stereocenters. The van der Waals surface area contributed by atoms with Crippen molar-refractivity contribution in [3.05, 3.63) is 0 Å². The molecule has 0 aliphatic carbocycles. The fourth-order valence-electron chi connectivity index (χ4n) is 2.59. The van der Waals surface area contributed by atoms with E-state index in [0.717, 1.165) is 0 Å². The van der Waals surface area contributed by atoms with E-state index in [1.165, 1.54) is 0 Å². The van der Waals surface area contributed by atoms with Crippen molar-refractivity contribution in [2.24, 2.45) is 0 Å². The van der Waals surface area contributed by atoms with Crippen LogP contribution >= 0.6 is 0 Å². The number of carbonyl (C=O) groups is 4. The van der Waals surface area contributed by atoms with Gasteiger partial charge in [-0.05, 0) is 35.2 Å². The highest BCUT2D eigenvalue weighted by Gasteiger charge is 2.16. The van der Waals surface area contributed by atoms with Crippen LogP contribution in [0.5, 0.6) is 0 Å². The van der Waals surface area contributed by atoms with Crippen LogP contribution in [0, 0.1) is 0 Å². The Morgan fingerprint density at radius 2 is 0.769 bits per heavy atom. The number of carbonyl (C=O) groups excluding carboxylic acids is 4. The van der Waals surface area contributed by atoms with Crippen LogP contribution in [0.4, 0.5) is 0 Å². The summed E-state index contributed by atoms with van der Waals surface area (Å²) in [5.74, 6) is 0.0605. The van der Waals surface area contributed by atoms with Crippen molar-refractivity contribution in [1.29, 1.82) is 0 Å². The summed E-state index contributed by atoms with van der Waals surface area (Å²) in [6.45, 7) is 3.28. The molecule has 0 saturated carbocycles. The molecule has 0 aliphatic heterocycles. The van der Waals surface area contributed by atoms with Crippen molar-refractivity contribution in [3.8, 4) is 0 Å². The minimum Gasteiger partial charge on any atom is -0.302 e. The molecule has 0 aliphatic rings. The van der Waals surface area contributed by atoms with Gasteiger partial charge in [0.2, 0.25) is 0 Å². The summed E-state index contributed by atoms with van der Waals surface area (Å²) in [6.07, 6.45) is 0.456. The van der Waals surface area contributed by atoms with Gasteiger partial charge in [-0.15, -0.1) is 0 Å². The Hall–Kier alpha value is -1.48. The summed E-state index contributed by atoms with van der Waals surface area (Å²) >= 11 is 0. The van der Waals surface area contributed by atoms with E-state index in [1.807, 2.05) is 14.1 Å². The standard InChI is InChI=1S/C18H34N4O4/c1-7-15(23)9-20(4)11-17(25)13-22(6)14-18(26)12-21(5)10-16(24)8-19(2)3/h7-14H2,1-6H3. The van der Waals surface area contributed by atoms with E-state index >= 15 is 0 Å². The topological polar surface area (TPSA) is 81.2 Å². The Morgan fingerprint density at radius 1 is 0.500 bits per heavy atom. The maximum Gasteiger partial charge on any atom is 0.160 e. The summed E-state index contributed by atoms with van der Waals surface area (Å²) in [5, 5.41) is 0. The summed E-state index contributed by atoms with van der Waals surface area (Å²) in [6, 6.07) is 0. The Balaban J connectivity index is 4.15. The van der Waals surface area contributed by atoms with Gasteiger partial charge in [0.1, 0.15) is 5.78 Å². The molecule has 0 heterocycles. The minimum absolute atomic E-state index is 0.0405.